The molecule has 0 spiro atoms. The lowest BCUT2D eigenvalue weighted by molar-refractivity contribution is 0.178. The Labute approximate surface area is 90.6 Å². The Morgan fingerprint density at radius 3 is 2.87 bits per heavy atom. The van der Waals surface area contributed by atoms with Crippen LogP contribution >= 0.6 is 0 Å². The van der Waals surface area contributed by atoms with E-state index in [0.29, 0.717) is 12.6 Å². The van der Waals surface area contributed by atoms with Gasteiger partial charge in [0.2, 0.25) is 0 Å². The molecule has 5 heteroatoms. The van der Waals surface area contributed by atoms with Gasteiger partial charge in [-0.3, -0.25) is 0 Å². The zero-order chi connectivity index (χ0) is 11.3. The van der Waals surface area contributed by atoms with E-state index in [1.807, 2.05) is 11.6 Å². The molecule has 0 fully saturated rings. The van der Waals surface area contributed by atoms with Crippen LogP contribution < -0.4 is 5.73 Å². The number of hydrogen-bond acceptors (Lipinski definition) is 4. The molecule has 15 heavy (non-hydrogen) atoms. The van der Waals surface area contributed by atoms with Gasteiger partial charge in [0.05, 0.1) is 17.4 Å². The maximum absolute atomic E-state index is 5.50. The van der Waals surface area contributed by atoms with E-state index in [-0.39, 0.29) is 0 Å². The van der Waals surface area contributed by atoms with Gasteiger partial charge >= 0.3 is 0 Å². The summed E-state index contributed by atoms with van der Waals surface area (Å²) in [6.07, 6.45) is 1.74. The molecule has 1 aromatic heterocycles. The number of aromatic nitrogens is 3. The van der Waals surface area contributed by atoms with E-state index in [2.05, 4.69) is 17.2 Å². The highest BCUT2D eigenvalue weighted by atomic mass is 16.5. The van der Waals surface area contributed by atoms with Gasteiger partial charge < -0.3 is 10.5 Å². The van der Waals surface area contributed by atoms with E-state index in [0.717, 1.165) is 30.8 Å². The predicted molar refractivity (Wildman–Crippen MR) is 58.7 cm³/mol. The fourth-order valence-electron chi connectivity index (χ4n) is 1.57. The summed E-state index contributed by atoms with van der Waals surface area (Å²) < 4.78 is 7.00. The van der Waals surface area contributed by atoms with E-state index >= 15 is 0 Å². The van der Waals surface area contributed by atoms with Gasteiger partial charge in [-0.25, -0.2) is 4.68 Å². The molecule has 86 valence electrons. The molecular formula is C10H20N4O. The Balaban J connectivity index is 2.68. The Kier molecular flexibility index (Phi) is 4.71. The van der Waals surface area contributed by atoms with Gasteiger partial charge in [-0.05, 0) is 26.8 Å². The zero-order valence-corrected chi connectivity index (χ0v) is 9.73. The maximum atomic E-state index is 5.50. The minimum Gasteiger partial charge on any atom is -0.385 e. The molecule has 0 aliphatic carbocycles. The zero-order valence-electron chi connectivity index (χ0n) is 9.73. The summed E-state index contributed by atoms with van der Waals surface area (Å²) in [4.78, 5) is 0. The van der Waals surface area contributed by atoms with Gasteiger partial charge in [0.25, 0.3) is 0 Å². The van der Waals surface area contributed by atoms with Crippen molar-refractivity contribution in [2.24, 2.45) is 5.73 Å². The molecule has 0 aliphatic heterocycles. The van der Waals surface area contributed by atoms with Gasteiger partial charge in [0.15, 0.2) is 0 Å². The topological polar surface area (TPSA) is 66.0 Å². The molecule has 0 radical (unpaired) electrons. The minimum atomic E-state index is 0.323. The van der Waals surface area contributed by atoms with E-state index in [9.17, 15) is 0 Å². The van der Waals surface area contributed by atoms with Crippen LogP contribution in [-0.2, 0) is 11.2 Å². The van der Waals surface area contributed by atoms with Crippen molar-refractivity contribution in [3.8, 4) is 0 Å². The second-order valence-electron chi connectivity index (χ2n) is 3.74. The summed E-state index contributed by atoms with van der Waals surface area (Å²) in [6.45, 7) is 5.51. The quantitative estimate of drug-likeness (QED) is 0.753. The van der Waals surface area contributed by atoms with Crippen LogP contribution in [-0.4, -0.2) is 35.3 Å². The van der Waals surface area contributed by atoms with Crippen molar-refractivity contribution in [1.29, 1.82) is 0 Å². The van der Waals surface area contributed by atoms with Crippen molar-refractivity contribution in [2.75, 3.05) is 20.3 Å². The molecule has 0 amide bonds. The van der Waals surface area contributed by atoms with Crippen molar-refractivity contribution >= 4 is 0 Å². The van der Waals surface area contributed by atoms with Crippen LogP contribution in [0.2, 0.25) is 0 Å². The third-order valence-electron chi connectivity index (χ3n) is 2.56. The molecule has 1 rings (SSSR count). The molecule has 5 nitrogen and oxygen atoms in total. The molecule has 0 aromatic carbocycles. The van der Waals surface area contributed by atoms with Gasteiger partial charge in [0.1, 0.15) is 0 Å². The van der Waals surface area contributed by atoms with Crippen LogP contribution in [0.4, 0.5) is 0 Å². The monoisotopic (exact) mass is 212 g/mol. The average molecular weight is 212 g/mol. The van der Waals surface area contributed by atoms with Crippen LogP contribution in [0.1, 0.15) is 30.8 Å². The van der Waals surface area contributed by atoms with Gasteiger partial charge in [-0.2, -0.15) is 0 Å². The second kappa shape index (κ2) is 5.82. The maximum Gasteiger partial charge on any atom is 0.0868 e. The Morgan fingerprint density at radius 1 is 1.53 bits per heavy atom. The van der Waals surface area contributed by atoms with E-state index in [1.54, 1.807) is 7.11 Å². The summed E-state index contributed by atoms with van der Waals surface area (Å²) in [7, 11) is 1.71. The molecule has 1 heterocycles. The van der Waals surface area contributed by atoms with Crippen LogP contribution in [0.5, 0.6) is 0 Å². The summed E-state index contributed by atoms with van der Waals surface area (Å²) >= 11 is 0. The number of nitrogens with two attached hydrogens (primary N) is 1. The first-order chi connectivity index (χ1) is 7.20. The highest BCUT2D eigenvalue weighted by Crippen LogP contribution is 2.14. The number of methoxy groups -OCH3 is 1. The van der Waals surface area contributed by atoms with Gasteiger partial charge in [-0.15, -0.1) is 5.10 Å². The Bertz CT molecular complexity index is 298. The highest BCUT2D eigenvalue weighted by Gasteiger charge is 2.12. The molecule has 0 aliphatic rings. The molecule has 2 N–H and O–H groups in total. The molecule has 1 unspecified atom stereocenters. The first-order valence-corrected chi connectivity index (χ1v) is 5.30. The predicted octanol–water partition coefficient (Wildman–Crippen LogP) is 0.685. The van der Waals surface area contributed by atoms with Crippen molar-refractivity contribution < 1.29 is 4.74 Å². The number of nitrogens with zero attached hydrogens (tertiary/aromatic N) is 3. The Morgan fingerprint density at radius 2 is 2.27 bits per heavy atom. The minimum absolute atomic E-state index is 0.323. The summed E-state index contributed by atoms with van der Waals surface area (Å²) in [5, 5.41) is 8.27. The number of hydrogen-bond donors (Lipinski definition) is 1. The third-order valence-corrected chi connectivity index (χ3v) is 2.56. The molecule has 1 atom stereocenters. The molecular weight excluding hydrogens is 192 g/mol. The molecule has 1 aromatic rings. The number of rotatable bonds is 6. The second-order valence-corrected chi connectivity index (χ2v) is 3.74. The molecule has 0 bridgehead atoms. The molecule has 0 saturated carbocycles. The summed E-state index contributed by atoms with van der Waals surface area (Å²) in [5.74, 6) is 0. The average Bonchev–Trinajstić information content (AvgIpc) is 2.58. The van der Waals surface area contributed by atoms with E-state index in [1.165, 1.54) is 0 Å². The van der Waals surface area contributed by atoms with Crippen LogP contribution in [0.3, 0.4) is 0 Å². The first kappa shape index (κ1) is 12.1. The lowest BCUT2D eigenvalue weighted by Crippen LogP contribution is -2.12. The van der Waals surface area contributed by atoms with Crippen molar-refractivity contribution in [3.63, 3.8) is 0 Å². The normalized spacial score (nSPS) is 13.1. The standard InChI is InChI=1S/C10H20N4O/c1-8(5-7-15-3)14-9(2)10(4-6-11)12-13-14/h8H,4-7,11H2,1-3H3. The van der Waals surface area contributed by atoms with Crippen molar-refractivity contribution in [1.82, 2.24) is 15.0 Å². The van der Waals surface area contributed by atoms with Crippen LogP contribution in [0.25, 0.3) is 0 Å². The summed E-state index contributed by atoms with van der Waals surface area (Å²) in [6, 6.07) is 0.323. The van der Waals surface area contributed by atoms with Crippen LogP contribution in [0.15, 0.2) is 0 Å². The van der Waals surface area contributed by atoms with E-state index < -0.39 is 0 Å². The largest absolute Gasteiger partial charge is 0.385 e. The fourth-order valence-corrected chi connectivity index (χ4v) is 1.57. The molecule has 0 saturated heterocycles. The number of ether oxygens (including phenoxy) is 1. The Hall–Kier alpha value is -0.940. The first-order valence-electron chi connectivity index (χ1n) is 5.30. The van der Waals surface area contributed by atoms with Crippen molar-refractivity contribution in [3.05, 3.63) is 11.4 Å². The van der Waals surface area contributed by atoms with Gasteiger partial charge in [0, 0.05) is 20.1 Å². The lowest BCUT2D eigenvalue weighted by atomic mass is 10.2. The van der Waals surface area contributed by atoms with Gasteiger partial charge in [-0.1, -0.05) is 5.21 Å². The van der Waals surface area contributed by atoms with Crippen molar-refractivity contribution in [2.45, 2.75) is 32.7 Å². The third kappa shape index (κ3) is 3.00. The fraction of sp³-hybridized carbons (Fsp3) is 0.800. The smallest absolute Gasteiger partial charge is 0.0868 e. The summed E-state index contributed by atoms with van der Waals surface area (Å²) in [5.41, 5.74) is 7.61. The highest BCUT2D eigenvalue weighted by molar-refractivity contribution is 5.08. The van der Waals surface area contributed by atoms with E-state index in [4.69, 9.17) is 10.5 Å². The van der Waals surface area contributed by atoms with Crippen LogP contribution in [0, 0.1) is 6.92 Å². The lowest BCUT2D eigenvalue weighted by Gasteiger charge is -2.12. The SMILES string of the molecule is COCCC(C)n1nnc(CCN)c1C.